The molecule has 0 atom stereocenters. The molecule has 2 aromatic rings. The van der Waals surface area contributed by atoms with Crippen LogP contribution in [0.15, 0.2) is 40.9 Å². The van der Waals surface area contributed by atoms with E-state index in [4.69, 9.17) is 33.3 Å². The molecule has 0 bridgehead atoms. The van der Waals surface area contributed by atoms with E-state index < -0.39 is 0 Å². The molecule has 0 aliphatic carbocycles. The Bertz CT molecular complexity index is 907. The van der Waals surface area contributed by atoms with Crippen LogP contribution in [0.4, 0.5) is 11.4 Å². The number of morpholine rings is 1. The van der Waals surface area contributed by atoms with Gasteiger partial charge in [0.1, 0.15) is 5.75 Å². The third-order valence-electron chi connectivity index (χ3n) is 4.28. The second-order valence-corrected chi connectivity index (χ2v) is 7.92. The number of halogens is 2. The maximum atomic E-state index is 12.4. The van der Waals surface area contributed by atoms with E-state index in [-0.39, 0.29) is 11.0 Å². The normalized spacial score (nSPS) is 13.7. The molecule has 9 heteroatoms. The van der Waals surface area contributed by atoms with Crippen LogP contribution in [0.25, 0.3) is 0 Å². The van der Waals surface area contributed by atoms with E-state index in [0.29, 0.717) is 46.3 Å². The average molecular weight is 499 g/mol. The van der Waals surface area contributed by atoms with Gasteiger partial charge >= 0.3 is 0 Å². The maximum Gasteiger partial charge on any atom is 0.257 e. The number of ether oxygens (including phenoxy) is 2. The molecule has 154 valence electrons. The predicted octanol–water partition coefficient (Wildman–Crippen LogP) is 4.46. The van der Waals surface area contributed by atoms with Gasteiger partial charge in [-0.1, -0.05) is 11.6 Å². The summed E-state index contributed by atoms with van der Waals surface area (Å²) in [4.78, 5) is 14.6. The third-order valence-corrected chi connectivity index (χ3v) is 5.40. The fraction of sp³-hybridized carbons (Fsp3) is 0.300. The molecule has 6 nitrogen and oxygen atoms in total. The number of rotatable bonds is 5. The van der Waals surface area contributed by atoms with Crippen LogP contribution in [0.2, 0.25) is 5.02 Å². The molecule has 1 aliphatic heterocycles. The fourth-order valence-electron chi connectivity index (χ4n) is 2.90. The van der Waals surface area contributed by atoms with Crippen LogP contribution in [0.1, 0.15) is 17.3 Å². The number of hydrogen-bond acceptors (Lipinski definition) is 5. The zero-order valence-electron chi connectivity index (χ0n) is 15.8. The van der Waals surface area contributed by atoms with Gasteiger partial charge in [-0.3, -0.25) is 10.1 Å². The molecular formula is C20H21BrClN3O3S. The molecular weight excluding hydrogens is 478 g/mol. The summed E-state index contributed by atoms with van der Waals surface area (Å²) in [6, 6.07) is 10.7. The van der Waals surface area contributed by atoms with E-state index in [1.54, 1.807) is 24.3 Å². The summed E-state index contributed by atoms with van der Waals surface area (Å²) in [7, 11) is 0. The molecule has 29 heavy (non-hydrogen) atoms. The minimum atomic E-state index is -0.317. The van der Waals surface area contributed by atoms with Crippen molar-refractivity contribution in [2.24, 2.45) is 0 Å². The summed E-state index contributed by atoms with van der Waals surface area (Å²) in [5.41, 5.74) is 2.12. The Morgan fingerprint density at radius 3 is 2.69 bits per heavy atom. The summed E-state index contributed by atoms with van der Waals surface area (Å²) < 4.78 is 11.5. The first-order valence-corrected chi connectivity index (χ1v) is 10.7. The number of nitrogens with one attached hydrogen (secondary N) is 2. The van der Waals surface area contributed by atoms with Crippen molar-refractivity contribution in [1.82, 2.24) is 5.32 Å². The van der Waals surface area contributed by atoms with Crippen molar-refractivity contribution in [1.29, 1.82) is 0 Å². The highest BCUT2D eigenvalue weighted by Crippen LogP contribution is 2.29. The predicted molar refractivity (Wildman–Crippen MR) is 123 cm³/mol. The number of benzene rings is 2. The van der Waals surface area contributed by atoms with Gasteiger partial charge < -0.3 is 19.7 Å². The molecule has 0 unspecified atom stereocenters. The molecule has 0 radical (unpaired) electrons. The van der Waals surface area contributed by atoms with Crippen molar-refractivity contribution >= 4 is 62.1 Å². The van der Waals surface area contributed by atoms with E-state index >= 15 is 0 Å². The highest BCUT2D eigenvalue weighted by molar-refractivity contribution is 9.10. The number of hydrogen-bond donors (Lipinski definition) is 2. The molecule has 3 rings (SSSR count). The summed E-state index contributed by atoms with van der Waals surface area (Å²) >= 11 is 15.1. The van der Waals surface area contributed by atoms with E-state index in [1.165, 1.54) is 0 Å². The number of thiocarbonyl (C=S) groups is 1. The Morgan fingerprint density at radius 1 is 1.28 bits per heavy atom. The van der Waals surface area contributed by atoms with Crippen LogP contribution in [0.5, 0.6) is 5.75 Å². The van der Waals surface area contributed by atoms with Crippen LogP contribution < -0.4 is 20.3 Å². The lowest BCUT2D eigenvalue weighted by Gasteiger charge is -2.29. The van der Waals surface area contributed by atoms with Crippen molar-refractivity contribution in [3.05, 3.63) is 51.5 Å². The molecule has 2 N–H and O–H groups in total. The lowest BCUT2D eigenvalue weighted by Crippen LogP contribution is -2.36. The molecule has 1 saturated heterocycles. The summed E-state index contributed by atoms with van der Waals surface area (Å²) in [5.74, 6) is 0.363. The van der Waals surface area contributed by atoms with Crippen LogP contribution in [-0.4, -0.2) is 43.9 Å². The molecule has 1 aliphatic rings. The highest BCUT2D eigenvalue weighted by atomic mass is 79.9. The minimum Gasteiger partial charge on any atom is -0.493 e. The number of carbonyl (C=O) groups excluding carboxylic acids is 1. The van der Waals surface area contributed by atoms with Crippen molar-refractivity contribution in [3.63, 3.8) is 0 Å². The van der Waals surface area contributed by atoms with Crippen LogP contribution in [0, 0.1) is 0 Å². The molecule has 1 fully saturated rings. The lowest BCUT2D eigenvalue weighted by molar-refractivity contribution is 0.0977. The van der Waals surface area contributed by atoms with Crippen molar-refractivity contribution in [3.8, 4) is 5.75 Å². The van der Waals surface area contributed by atoms with Crippen LogP contribution >= 0.6 is 39.7 Å². The van der Waals surface area contributed by atoms with Gasteiger partial charge in [-0.2, -0.15) is 0 Å². The first kappa shape index (κ1) is 21.8. The molecule has 2 aromatic carbocycles. The fourth-order valence-corrected chi connectivity index (χ4v) is 3.90. The van der Waals surface area contributed by atoms with Crippen LogP contribution in [0.3, 0.4) is 0 Å². The molecule has 1 heterocycles. The topological polar surface area (TPSA) is 62.8 Å². The first-order valence-electron chi connectivity index (χ1n) is 9.15. The van der Waals surface area contributed by atoms with Gasteiger partial charge in [0.15, 0.2) is 5.11 Å². The Labute approximate surface area is 188 Å². The van der Waals surface area contributed by atoms with Gasteiger partial charge in [0.05, 0.1) is 35.0 Å². The number of carbonyl (C=O) groups is 1. The first-order chi connectivity index (χ1) is 14.0. The van der Waals surface area contributed by atoms with Crippen LogP contribution in [-0.2, 0) is 4.74 Å². The molecule has 0 saturated carbocycles. The third kappa shape index (κ3) is 5.82. The number of amides is 1. The molecule has 0 spiro atoms. The Hall–Kier alpha value is -1.87. The summed E-state index contributed by atoms with van der Waals surface area (Å²) in [6.45, 7) is 5.43. The Kier molecular flexibility index (Phi) is 7.71. The van der Waals surface area contributed by atoms with Gasteiger partial charge in [0.2, 0.25) is 0 Å². The van der Waals surface area contributed by atoms with E-state index in [2.05, 4.69) is 31.5 Å². The van der Waals surface area contributed by atoms with Crippen molar-refractivity contribution in [2.75, 3.05) is 43.1 Å². The minimum absolute atomic E-state index is 0.190. The second-order valence-electron chi connectivity index (χ2n) is 6.25. The van der Waals surface area contributed by atoms with Gasteiger partial charge in [0.25, 0.3) is 5.91 Å². The number of nitrogens with zero attached hydrogens (tertiary/aromatic N) is 1. The molecule has 1 amide bonds. The monoisotopic (exact) mass is 497 g/mol. The zero-order valence-corrected chi connectivity index (χ0v) is 19.0. The number of anilines is 2. The quantitative estimate of drug-likeness (QED) is 0.593. The lowest BCUT2D eigenvalue weighted by atomic mass is 10.2. The van der Waals surface area contributed by atoms with E-state index in [0.717, 1.165) is 18.8 Å². The second kappa shape index (κ2) is 10.2. The van der Waals surface area contributed by atoms with Gasteiger partial charge in [-0.15, -0.1) is 0 Å². The smallest absolute Gasteiger partial charge is 0.257 e. The van der Waals surface area contributed by atoms with Gasteiger partial charge in [-0.05, 0) is 71.5 Å². The SMILES string of the molecule is CCOc1ccc(C(=O)NC(=S)Nc2ccc(N3CCOCC3)c(Cl)c2)cc1Br. The van der Waals surface area contributed by atoms with E-state index in [1.807, 2.05) is 19.1 Å². The highest BCUT2D eigenvalue weighted by Gasteiger charge is 2.15. The largest absolute Gasteiger partial charge is 0.493 e. The summed E-state index contributed by atoms with van der Waals surface area (Å²) in [5, 5.41) is 6.47. The standard InChI is InChI=1S/C20H21BrClN3O3S/c1-2-28-18-6-3-13(11-15(18)21)19(26)24-20(29)23-14-4-5-17(16(22)12-14)25-7-9-27-10-8-25/h3-6,11-12H,2,7-10H2,1H3,(H2,23,24,26,29). The van der Waals surface area contributed by atoms with Crippen molar-refractivity contribution < 1.29 is 14.3 Å². The van der Waals surface area contributed by atoms with Crippen molar-refractivity contribution in [2.45, 2.75) is 6.92 Å². The molecule has 0 aromatic heterocycles. The van der Waals surface area contributed by atoms with Gasteiger partial charge in [0, 0.05) is 24.3 Å². The maximum absolute atomic E-state index is 12.4. The Balaban J connectivity index is 1.60. The van der Waals surface area contributed by atoms with E-state index in [9.17, 15) is 4.79 Å². The van der Waals surface area contributed by atoms with Gasteiger partial charge in [-0.25, -0.2) is 0 Å². The summed E-state index contributed by atoms with van der Waals surface area (Å²) in [6.07, 6.45) is 0. The zero-order chi connectivity index (χ0) is 20.8. The Morgan fingerprint density at radius 2 is 2.03 bits per heavy atom. The average Bonchev–Trinajstić information content (AvgIpc) is 2.70.